The average molecular weight is 329 g/mol. The number of hydrogen-bond donors (Lipinski definition) is 1. The van der Waals surface area contributed by atoms with Crippen LogP contribution in [0.2, 0.25) is 0 Å². The Hall–Kier alpha value is -2.85. The Morgan fingerprint density at radius 3 is 2.58 bits per heavy atom. The van der Waals surface area contributed by atoms with E-state index in [4.69, 9.17) is 4.98 Å². The third kappa shape index (κ3) is 2.07. The molecule has 0 aliphatic carbocycles. The third-order valence-corrected chi connectivity index (χ3v) is 5.29. The van der Waals surface area contributed by atoms with E-state index in [1.165, 1.54) is 16.1 Å². The molecule has 3 nitrogen and oxygen atoms in total. The van der Waals surface area contributed by atoms with Crippen LogP contribution in [0.15, 0.2) is 78.2 Å². The van der Waals surface area contributed by atoms with Gasteiger partial charge in [0, 0.05) is 4.88 Å². The van der Waals surface area contributed by atoms with Crippen LogP contribution < -0.4 is 5.32 Å². The van der Waals surface area contributed by atoms with Gasteiger partial charge >= 0.3 is 0 Å². The molecule has 1 atom stereocenters. The standard InChI is InChI=1S/C20H15N3S/c1-2-7-14(8-3-1)18-13-16(19-11-6-12-24-19)22-20-21-15-9-4-5-10-17(15)23(18)20/h1-13,16H,(H,21,22). The quantitative estimate of drug-likeness (QED) is 0.551. The average Bonchev–Trinajstić information content (AvgIpc) is 3.29. The van der Waals surface area contributed by atoms with Crippen molar-refractivity contribution in [3.63, 3.8) is 0 Å². The Morgan fingerprint density at radius 1 is 0.917 bits per heavy atom. The molecule has 2 aromatic heterocycles. The summed E-state index contributed by atoms with van der Waals surface area (Å²) in [5, 5.41) is 5.69. The van der Waals surface area contributed by atoms with Crippen LogP contribution in [-0.2, 0) is 0 Å². The molecule has 5 rings (SSSR count). The topological polar surface area (TPSA) is 29.9 Å². The number of nitrogens with zero attached hydrogens (tertiary/aromatic N) is 2. The van der Waals surface area contributed by atoms with Crippen molar-refractivity contribution < 1.29 is 0 Å². The van der Waals surface area contributed by atoms with Crippen molar-refractivity contribution >= 4 is 34.0 Å². The van der Waals surface area contributed by atoms with Gasteiger partial charge in [-0.3, -0.25) is 4.57 Å². The number of nitrogens with one attached hydrogen (secondary N) is 1. The number of thiophene rings is 1. The molecular weight excluding hydrogens is 314 g/mol. The molecule has 0 bridgehead atoms. The Labute approximate surface area is 143 Å². The lowest BCUT2D eigenvalue weighted by atomic mass is 10.1. The molecule has 0 saturated heterocycles. The van der Waals surface area contributed by atoms with Crippen molar-refractivity contribution in [2.75, 3.05) is 5.32 Å². The van der Waals surface area contributed by atoms with Gasteiger partial charge in [0.05, 0.1) is 22.8 Å². The number of para-hydroxylation sites is 2. The van der Waals surface area contributed by atoms with Gasteiger partial charge in [0.1, 0.15) is 0 Å². The number of hydrogen-bond acceptors (Lipinski definition) is 3. The van der Waals surface area contributed by atoms with E-state index < -0.39 is 0 Å². The largest absolute Gasteiger partial charge is 0.344 e. The van der Waals surface area contributed by atoms with E-state index in [1.807, 2.05) is 6.07 Å². The molecule has 0 amide bonds. The van der Waals surface area contributed by atoms with Gasteiger partial charge in [-0.15, -0.1) is 11.3 Å². The van der Waals surface area contributed by atoms with Crippen molar-refractivity contribution in [3.05, 3.63) is 88.6 Å². The second-order valence-corrected chi connectivity index (χ2v) is 6.79. The Balaban J connectivity index is 1.76. The van der Waals surface area contributed by atoms with Crippen molar-refractivity contribution in [1.82, 2.24) is 9.55 Å². The van der Waals surface area contributed by atoms with Crippen LogP contribution in [0.4, 0.5) is 5.95 Å². The summed E-state index contributed by atoms with van der Waals surface area (Å²) in [5.41, 5.74) is 4.51. The molecule has 0 saturated carbocycles. The second-order valence-electron chi connectivity index (χ2n) is 5.81. The summed E-state index contributed by atoms with van der Waals surface area (Å²) in [5.74, 6) is 0.899. The molecule has 3 heterocycles. The number of aromatic nitrogens is 2. The maximum absolute atomic E-state index is 4.80. The van der Waals surface area contributed by atoms with Crippen LogP contribution in [0.1, 0.15) is 16.5 Å². The molecule has 24 heavy (non-hydrogen) atoms. The number of anilines is 1. The van der Waals surface area contributed by atoms with E-state index in [-0.39, 0.29) is 6.04 Å². The minimum Gasteiger partial charge on any atom is -0.344 e. The summed E-state index contributed by atoms with van der Waals surface area (Å²) < 4.78 is 2.22. The van der Waals surface area contributed by atoms with Gasteiger partial charge in [0.2, 0.25) is 5.95 Å². The number of fused-ring (bicyclic) bond motifs is 3. The predicted molar refractivity (Wildman–Crippen MR) is 100 cm³/mol. The van der Waals surface area contributed by atoms with Crippen LogP contribution in [0, 0.1) is 0 Å². The van der Waals surface area contributed by atoms with Gasteiger partial charge in [0.25, 0.3) is 0 Å². The van der Waals surface area contributed by atoms with Gasteiger partial charge in [-0.2, -0.15) is 0 Å². The molecule has 0 radical (unpaired) electrons. The second kappa shape index (κ2) is 5.35. The minimum atomic E-state index is 0.143. The minimum absolute atomic E-state index is 0.143. The van der Waals surface area contributed by atoms with Crippen LogP contribution in [0.5, 0.6) is 0 Å². The molecule has 116 valence electrons. The first-order valence-corrected chi connectivity index (χ1v) is 8.83. The molecule has 1 aliphatic rings. The fourth-order valence-electron chi connectivity index (χ4n) is 3.24. The molecule has 0 fully saturated rings. The molecule has 2 aromatic carbocycles. The van der Waals surface area contributed by atoms with Gasteiger partial charge in [-0.1, -0.05) is 48.5 Å². The molecule has 4 aromatic rings. The summed E-state index contributed by atoms with van der Waals surface area (Å²) in [6.07, 6.45) is 2.29. The fraction of sp³-hybridized carbons (Fsp3) is 0.0500. The lowest BCUT2D eigenvalue weighted by Crippen LogP contribution is -2.18. The van der Waals surface area contributed by atoms with Crippen molar-refractivity contribution in [1.29, 1.82) is 0 Å². The molecular formula is C20H15N3S. The Bertz CT molecular complexity index is 1030. The Kier molecular flexibility index (Phi) is 3.03. The van der Waals surface area contributed by atoms with Crippen molar-refractivity contribution in [3.8, 4) is 0 Å². The summed E-state index contributed by atoms with van der Waals surface area (Å²) in [4.78, 5) is 6.10. The van der Waals surface area contributed by atoms with E-state index in [0.29, 0.717) is 0 Å². The third-order valence-electron chi connectivity index (χ3n) is 4.33. The zero-order valence-electron chi connectivity index (χ0n) is 12.9. The highest BCUT2D eigenvalue weighted by atomic mass is 32.1. The van der Waals surface area contributed by atoms with Crippen LogP contribution in [0.25, 0.3) is 16.7 Å². The summed E-state index contributed by atoms with van der Waals surface area (Å²) in [7, 11) is 0. The van der Waals surface area contributed by atoms with Crippen LogP contribution >= 0.6 is 11.3 Å². The highest BCUT2D eigenvalue weighted by Gasteiger charge is 2.24. The normalized spacial score (nSPS) is 16.5. The molecule has 1 N–H and O–H groups in total. The highest BCUT2D eigenvalue weighted by Crippen LogP contribution is 2.37. The van der Waals surface area contributed by atoms with Crippen LogP contribution in [-0.4, -0.2) is 9.55 Å². The van der Waals surface area contributed by atoms with Gasteiger partial charge < -0.3 is 5.32 Å². The number of rotatable bonds is 2. The van der Waals surface area contributed by atoms with E-state index in [0.717, 1.165) is 17.0 Å². The fourth-order valence-corrected chi connectivity index (χ4v) is 3.98. The van der Waals surface area contributed by atoms with E-state index in [9.17, 15) is 0 Å². The van der Waals surface area contributed by atoms with E-state index >= 15 is 0 Å². The maximum Gasteiger partial charge on any atom is 0.209 e. The van der Waals surface area contributed by atoms with Gasteiger partial charge in [-0.25, -0.2) is 4.98 Å². The lowest BCUT2D eigenvalue weighted by Gasteiger charge is -2.25. The molecule has 1 unspecified atom stereocenters. The van der Waals surface area contributed by atoms with Crippen molar-refractivity contribution in [2.24, 2.45) is 0 Å². The van der Waals surface area contributed by atoms with E-state index in [2.05, 4.69) is 82.0 Å². The van der Waals surface area contributed by atoms with Gasteiger partial charge in [0.15, 0.2) is 0 Å². The smallest absolute Gasteiger partial charge is 0.209 e. The summed E-state index contributed by atoms with van der Waals surface area (Å²) in [6, 6.07) is 23.2. The first-order valence-electron chi connectivity index (χ1n) is 7.95. The number of benzene rings is 2. The highest BCUT2D eigenvalue weighted by molar-refractivity contribution is 7.10. The zero-order chi connectivity index (χ0) is 15.9. The number of imidazole rings is 1. The Morgan fingerprint density at radius 2 is 1.75 bits per heavy atom. The maximum atomic E-state index is 4.80. The first-order chi connectivity index (χ1) is 11.9. The monoisotopic (exact) mass is 329 g/mol. The molecule has 0 spiro atoms. The first kappa shape index (κ1) is 13.6. The van der Waals surface area contributed by atoms with Gasteiger partial charge in [-0.05, 0) is 35.2 Å². The predicted octanol–water partition coefficient (Wildman–Crippen LogP) is 5.15. The molecule has 1 aliphatic heterocycles. The van der Waals surface area contributed by atoms with Crippen molar-refractivity contribution in [2.45, 2.75) is 6.04 Å². The summed E-state index contributed by atoms with van der Waals surface area (Å²) >= 11 is 1.76. The lowest BCUT2D eigenvalue weighted by molar-refractivity contribution is 0.916. The zero-order valence-corrected chi connectivity index (χ0v) is 13.7. The summed E-state index contributed by atoms with van der Waals surface area (Å²) in [6.45, 7) is 0. The molecule has 4 heteroatoms. The van der Waals surface area contributed by atoms with Crippen LogP contribution in [0.3, 0.4) is 0 Å². The van der Waals surface area contributed by atoms with E-state index in [1.54, 1.807) is 11.3 Å². The SMILES string of the molecule is C1=C(c2ccccc2)n2c(nc3ccccc32)NC1c1cccs1.